The predicted molar refractivity (Wildman–Crippen MR) is 54.5 cm³/mol. The molecule has 2 nitrogen and oxygen atoms in total. The van der Waals surface area contributed by atoms with Crippen LogP contribution in [0.5, 0.6) is 0 Å². The Morgan fingerprint density at radius 1 is 1.58 bits per heavy atom. The molecule has 2 unspecified atom stereocenters. The Hall–Kier alpha value is 0.270. The van der Waals surface area contributed by atoms with E-state index in [1.165, 1.54) is 38.1 Å². The molecule has 0 aliphatic carbocycles. The van der Waals surface area contributed by atoms with E-state index in [1.807, 2.05) is 0 Å². The molecule has 0 aromatic carbocycles. The SMILES string of the molecule is CN1CCCC2(CC(N)CS2)C1. The van der Waals surface area contributed by atoms with E-state index in [0.717, 1.165) is 0 Å². The van der Waals surface area contributed by atoms with Gasteiger partial charge in [0, 0.05) is 23.1 Å². The summed E-state index contributed by atoms with van der Waals surface area (Å²) in [4.78, 5) is 2.45. The first kappa shape index (κ1) is 8.85. The maximum atomic E-state index is 5.95. The van der Waals surface area contributed by atoms with Crippen LogP contribution in [-0.2, 0) is 0 Å². The number of rotatable bonds is 0. The molecule has 2 rings (SSSR count). The Morgan fingerprint density at radius 3 is 3.00 bits per heavy atom. The fourth-order valence-electron chi connectivity index (χ4n) is 2.49. The van der Waals surface area contributed by atoms with Crippen LogP contribution in [0.25, 0.3) is 0 Å². The molecule has 0 aromatic heterocycles. The van der Waals surface area contributed by atoms with Crippen molar-refractivity contribution in [3.63, 3.8) is 0 Å². The van der Waals surface area contributed by atoms with Crippen molar-refractivity contribution in [2.45, 2.75) is 30.1 Å². The van der Waals surface area contributed by atoms with Gasteiger partial charge in [0.15, 0.2) is 0 Å². The van der Waals surface area contributed by atoms with Crippen LogP contribution >= 0.6 is 11.8 Å². The van der Waals surface area contributed by atoms with Crippen LogP contribution in [0.2, 0.25) is 0 Å². The molecule has 0 saturated carbocycles. The quantitative estimate of drug-likeness (QED) is 0.610. The molecule has 2 atom stereocenters. The third kappa shape index (κ3) is 1.63. The second kappa shape index (κ2) is 3.20. The fraction of sp³-hybridized carbons (Fsp3) is 1.00. The molecule has 0 aromatic rings. The topological polar surface area (TPSA) is 29.3 Å². The second-order valence-electron chi connectivity index (χ2n) is 4.30. The van der Waals surface area contributed by atoms with Gasteiger partial charge < -0.3 is 10.6 Å². The average molecular weight is 186 g/mol. The van der Waals surface area contributed by atoms with Crippen LogP contribution in [0.15, 0.2) is 0 Å². The smallest absolute Gasteiger partial charge is 0.0302 e. The molecule has 3 heteroatoms. The molecule has 2 aliphatic heterocycles. The van der Waals surface area contributed by atoms with Gasteiger partial charge in [-0.15, -0.1) is 0 Å². The van der Waals surface area contributed by atoms with Gasteiger partial charge in [-0.1, -0.05) is 0 Å². The first-order valence-electron chi connectivity index (χ1n) is 4.78. The molecule has 0 radical (unpaired) electrons. The zero-order valence-electron chi connectivity index (χ0n) is 7.75. The van der Waals surface area contributed by atoms with Gasteiger partial charge in [-0.05, 0) is 32.9 Å². The lowest BCUT2D eigenvalue weighted by Crippen LogP contribution is -2.43. The first-order chi connectivity index (χ1) is 5.70. The van der Waals surface area contributed by atoms with Crippen LogP contribution in [-0.4, -0.2) is 41.6 Å². The molecule has 2 N–H and O–H groups in total. The third-order valence-corrected chi connectivity index (χ3v) is 4.68. The standard InChI is InChI=1S/C9H18N2S/c1-11-4-2-3-9(7-11)5-8(10)6-12-9/h8H,2-7,10H2,1H3. The van der Waals surface area contributed by atoms with E-state index in [2.05, 4.69) is 23.7 Å². The van der Waals surface area contributed by atoms with Gasteiger partial charge in [-0.3, -0.25) is 0 Å². The summed E-state index contributed by atoms with van der Waals surface area (Å²) in [5.74, 6) is 1.17. The van der Waals surface area contributed by atoms with E-state index >= 15 is 0 Å². The van der Waals surface area contributed by atoms with Crippen molar-refractivity contribution >= 4 is 11.8 Å². The molecule has 0 amide bonds. The van der Waals surface area contributed by atoms with Crippen LogP contribution in [0.1, 0.15) is 19.3 Å². The number of thioether (sulfide) groups is 1. The van der Waals surface area contributed by atoms with E-state index in [1.54, 1.807) is 0 Å². The summed E-state index contributed by atoms with van der Waals surface area (Å²) in [7, 11) is 2.23. The second-order valence-corrected chi connectivity index (χ2v) is 5.79. The fourth-order valence-corrected chi connectivity index (χ4v) is 4.10. The Bertz CT molecular complexity index is 170. The highest BCUT2D eigenvalue weighted by Gasteiger charge is 2.40. The normalized spacial score (nSPS) is 44.0. The third-order valence-electron chi connectivity index (χ3n) is 2.97. The number of nitrogens with two attached hydrogens (primary N) is 1. The minimum absolute atomic E-state index is 0.460. The summed E-state index contributed by atoms with van der Waals surface area (Å²) < 4.78 is 0.534. The molecule has 2 fully saturated rings. The Balaban J connectivity index is 2.00. The summed E-state index contributed by atoms with van der Waals surface area (Å²) in [6, 6.07) is 0.460. The van der Waals surface area contributed by atoms with E-state index in [-0.39, 0.29) is 0 Å². The van der Waals surface area contributed by atoms with Crippen molar-refractivity contribution < 1.29 is 0 Å². The van der Waals surface area contributed by atoms with Crippen molar-refractivity contribution in [1.29, 1.82) is 0 Å². The van der Waals surface area contributed by atoms with Gasteiger partial charge in [0.05, 0.1) is 0 Å². The monoisotopic (exact) mass is 186 g/mol. The Labute approximate surface area is 78.9 Å². The number of nitrogens with zero attached hydrogens (tertiary/aromatic N) is 1. The summed E-state index contributed by atoms with van der Waals surface area (Å²) in [6.07, 6.45) is 3.98. The highest BCUT2D eigenvalue weighted by molar-refractivity contribution is 8.01. The maximum absolute atomic E-state index is 5.95. The van der Waals surface area contributed by atoms with Crippen LogP contribution in [0.4, 0.5) is 0 Å². The largest absolute Gasteiger partial charge is 0.327 e. The lowest BCUT2D eigenvalue weighted by atomic mass is 9.92. The van der Waals surface area contributed by atoms with E-state index in [4.69, 9.17) is 5.73 Å². The number of likely N-dealkylation sites (tertiary alicyclic amines) is 1. The Kier molecular flexibility index (Phi) is 2.36. The molecular weight excluding hydrogens is 168 g/mol. The summed E-state index contributed by atoms with van der Waals surface area (Å²) in [5.41, 5.74) is 5.95. The Morgan fingerprint density at radius 2 is 2.42 bits per heavy atom. The molecule has 70 valence electrons. The van der Waals surface area contributed by atoms with Gasteiger partial charge in [0.2, 0.25) is 0 Å². The first-order valence-corrected chi connectivity index (χ1v) is 5.77. The van der Waals surface area contributed by atoms with Gasteiger partial charge in [0.1, 0.15) is 0 Å². The van der Waals surface area contributed by atoms with Gasteiger partial charge in [-0.25, -0.2) is 0 Å². The molecule has 2 aliphatic rings. The molecule has 12 heavy (non-hydrogen) atoms. The van der Waals surface area contributed by atoms with Gasteiger partial charge in [-0.2, -0.15) is 11.8 Å². The minimum Gasteiger partial charge on any atom is -0.327 e. The lowest BCUT2D eigenvalue weighted by molar-refractivity contribution is 0.226. The molecule has 1 spiro atoms. The molecular formula is C9H18N2S. The highest BCUT2D eigenvalue weighted by atomic mass is 32.2. The zero-order valence-corrected chi connectivity index (χ0v) is 8.57. The molecule has 0 bridgehead atoms. The predicted octanol–water partition coefficient (Wildman–Crippen LogP) is 0.915. The lowest BCUT2D eigenvalue weighted by Gasteiger charge is -2.38. The van der Waals surface area contributed by atoms with Crippen LogP contribution in [0.3, 0.4) is 0 Å². The van der Waals surface area contributed by atoms with E-state index < -0.39 is 0 Å². The van der Waals surface area contributed by atoms with Crippen LogP contribution < -0.4 is 5.73 Å². The minimum atomic E-state index is 0.460. The highest BCUT2D eigenvalue weighted by Crippen LogP contribution is 2.43. The van der Waals surface area contributed by atoms with Crippen molar-refractivity contribution in [1.82, 2.24) is 4.90 Å². The van der Waals surface area contributed by atoms with Crippen molar-refractivity contribution in [2.24, 2.45) is 5.73 Å². The van der Waals surface area contributed by atoms with Gasteiger partial charge in [0.25, 0.3) is 0 Å². The van der Waals surface area contributed by atoms with Crippen molar-refractivity contribution in [3.05, 3.63) is 0 Å². The number of hydrogen-bond donors (Lipinski definition) is 1. The maximum Gasteiger partial charge on any atom is 0.0302 e. The van der Waals surface area contributed by atoms with E-state index in [0.29, 0.717) is 10.8 Å². The summed E-state index contributed by atoms with van der Waals surface area (Å²) in [5, 5.41) is 0. The average Bonchev–Trinajstić information content (AvgIpc) is 2.32. The van der Waals surface area contributed by atoms with Crippen LogP contribution in [0, 0.1) is 0 Å². The van der Waals surface area contributed by atoms with Crippen molar-refractivity contribution in [2.75, 3.05) is 25.9 Å². The molecule has 2 saturated heterocycles. The zero-order chi connectivity index (χ0) is 8.60. The van der Waals surface area contributed by atoms with Gasteiger partial charge >= 0.3 is 0 Å². The van der Waals surface area contributed by atoms with Crippen molar-refractivity contribution in [3.8, 4) is 0 Å². The number of hydrogen-bond acceptors (Lipinski definition) is 3. The number of piperidine rings is 1. The molecule has 2 heterocycles. The summed E-state index contributed by atoms with van der Waals surface area (Å²) in [6.45, 7) is 2.53. The van der Waals surface area contributed by atoms with E-state index in [9.17, 15) is 0 Å². The summed E-state index contributed by atoms with van der Waals surface area (Å²) >= 11 is 2.11.